The lowest BCUT2D eigenvalue weighted by Crippen LogP contribution is -2.23. The number of nitrogens with one attached hydrogen (secondary N) is 1. The molecule has 27 heavy (non-hydrogen) atoms. The maximum absolute atomic E-state index is 13.8. The Morgan fingerprint density at radius 3 is 2.85 bits per heavy atom. The smallest absolute Gasteiger partial charge is 0.286 e. The number of thioether (sulfide) groups is 1. The van der Waals surface area contributed by atoms with Crippen molar-refractivity contribution >= 4 is 46.4 Å². The third-order valence-corrected chi connectivity index (χ3v) is 4.64. The van der Waals surface area contributed by atoms with Crippen molar-refractivity contribution in [2.75, 3.05) is 0 Å². The zero-order valence-corrected chi connectivity index (χ0v) is 15.7. The van der Waals surface area contributed by atoms with Crippen LogP contribution < -0.4 is 10.1 Å². The summed E-state index contributed by atoms with van der Waals surface area (Å²) in [5.74, 6) is -0.700. The van der Waals surface area contributed by atoms with Gasteiger partial charge >= 0.3 is 0 Å². The predicted octanol–water partition coefficient (Wildman–Crippen LogP) is 4.16. The van der Waals surface area contributed by atoms with E-state index in [2.05, 4.69) is 10.3 Å². The summed E-state index contributed by atoms with van der Waals surface area (Å²) in [4.78, 5) is 27.2. The minimum Gasteiger partial charge on any atom is -0.488 e. The number of aliphatic imine (C=N–C) groups is 1. The van der Waals surface area contributed by atoms with Crippen LogP contribution in [0.25, 0.3) is 6.08 Å². The molecule has 2 amide bonds. The molecule has 0 atom stereocenters. The molecule has 0 saturated carbocycles. The number of hydrogen-bond donors (Lipinski definition) is 1. The Morgan fingerprint density at radius 1 is 1.33 bits per heavy atom. The fourth-order valence-corrected chi connectivity index (χ4v) is 3.32. The van der Waals surface area contributed by atoms with Crippen molar-refractivity contribution in [1.29, 1.82) is 0 Å². The minimum atomic E-state index is -0.469. The number of amidine groups is 1. The average molecular weight is 405 g/mol. The first-order valence-corrected chi connectivity index (χ1v) is 9.08. The van der Waals surface area contributed by atoms with Crippen molar-refractivity contribution in [3.63, 3.8) is 0 Å². The second kappa shape index (κ2) is 8.37. The topological polar surface area (TPSA) is 67.8 Å². The van der Waals surface area contributed by atoms with E-state index in [1.165, 1.54) is 13.0 Å². The van der Waals surface area contributed by atoms with E-state index in [1.807, 2.05) is 0 Å². The van der Waals surface area contributed by atoms with Gasteiger partial charge < -0.3 is 10.1 Å². The van der Waals surface area contributed by atoms with Gasteiger partial charge in [-0.1, -0.05) is 29.8 Å². The van der Waals surface area contributed by atoms with Crippen LogP contribution in [0.1, 0.15) is 18.1 Å². The lowest BCUT2D eigenvalue weighted by molar-refractivity contribution is -0.117. The zero-order chi connectivity index (χ0) is 19.4. The summed E-state index contributed by atoms with van der Waals surface area (Å²) in [6.45, 7) is 1.36. The molecule has 1 aliphatic heterocycles. The molecule has 0 aliphatic carbocycles. The first-order chi connectivity index (χ1) is 12.9. The molecule has 0 fully saturated rings. The molecule has 8 heteroatoms. The number of rotatable bonds is 4. The molecule has 0 unspecified atom stereocenters. The fraction of sp³-hybridized carbons (Fsp3) is 0.105. The molecule has 5 nitrogen and oxygen atoms in total. The lowest BCUT2D eigenvalue weighted by atomic mass is 10.1. The van der Waals surface area contributed by atoms with E-state index in [0.29, 0.717) is 26.8 Å². The number of carbonyl (C=O) groups excluding carboxylic acids is 2. The normalized spacial score (nSPS) is 15.0. The summed E-state index contributed by atoms with van der Waals surface area (Å²) < 4.78 is 19.5. The van der Waals surface area contributed by atoms with Gasteiger partial charge in [-0.05, 0) is 42.1 Å². The maximum atomic E-state index is 13.8. The van der Waals surface area contributed by atoms with Crippen molar-refractivity contribution in [3.05, 3.63) is 69.3 Å². The number of nitrogens with zero attached hydrogens (tertiary/aromatic N) is 1. The first kappa shape index (κ1) is 19.1. The number of benzene rings is 2. The fourth-order valence-electron chi connectivity index (χ4n) is 2.29. The van der Waals surface area contributed by atoms with Gasteiger partial charge in [0.25, 0.3) is 5.91 Å². The number of hydrogen-bond acceptors (Lipinski definition) is 4. The molecule has 0 saturated heterocycles. The van der Waals surface area contributed by atoms with Crippen molar-refractivity contribution < 1.29 is 18.7 Å². The number of carbonyl (C=O) groups is 2. The maximum Gasteiger partial charge on any atom is 0.286 e. The van der Waals surface area contributed by atoms with Crippen molar-refractivity contribution in [2.45, 2.75) is 13.5 Å². The van der Waals surface area contributed by atoms with Crippen LogP contribution in [-0.2, 0) is 16.2 Å². The van der Waals surface area contributed by atoms with Gasteiger partial charge in [-0.25, -0.2) is 4.39 Å². The van der Waals surface area contributed by atoms with E-state index in [-0.39, 0.29) is 23.5 Å². The van der Waals surface area contributed by atoms with E-state index >= 15 is 0 Å². The lowest BCUT2D eigenvalue weighted by Gasteiger charge is -2.11. The predicted molar refractivity (Wildman–Crippen MR) is 104 cm³/mol. The zero-order valence-electron chi connectivity index (χ0n) is 14.2. The SMILES string of the molecule is CC(=O)NC1=NC(=O)/C(=C/c2cc(Cl)ccc2OCc2ccccc2F)S1. The number of amides is 2. The van der Waals surface area contributed by atoms with Crippen LogP contribution in [0.15, 0.2) is 52.4 Å². The van der Waals surface area contributed by atoms with E-state index in [0.717, 1.165) is 11.8 Å². The Morgan fingerprint density at radius 2 is 2.11 bits per heavy atom. The van der Waals surface area contributed by atoms with Crippen LogP contribution in [0.5, 0.6) is 5.75 Å². The Hall–Kier alpha value is -2.64. The van der Waals surface area contributed by atoms with Crippen LogP contribution in [-0.4, -0.2) is 17.0 Å². The van der Waals surface area contributed by atoms with Gasteiger partial charge in [0.2, 0.25) is 5.91 Å². The highest BCUT2D eigenvalue weighted by Crippen LogP contribution is 2.32. The Bertz CT molecular complexity index is 975. The van der Waals surface area contributed by atoms with Crippen LogP contribution in [0, 0.1) is 5.82 Å². The molecule has 1 aliphatic rings. The van der Waals surface area contributed by atoms with Gasteiger partial charge in [0.15, 0.2) is 5.17 Å². The van der Waals surface area contributed by atoms with Crippen molar-refractivity contribution in [2.24, 2.45) is 4.99 Å². The number of halogens is 2. The average Bonchev–Trinajstić information content (AvgIpc) is 2.94. The Kier molecular flexibility index (Phi) is 5.93. The minimum absolute atomic E-state index is 0.0270. The summed E-state index contributed by atoms with van der Waals surface area (Å²) in [7, 11) is 0. The van der Waals surface area contributed by atoms with Gasteiger partial charge in [-0.15, -0.1) is 0 Å². The Balaban J connectivity index is 1.82. The molecule has 1 heterocycles. The molecular weight excluding hydrogens is 391 g/mol. The molecule has 0 spiro atoms. The summed E-state index contributed by atoms with van der Waals surface area (Å²) in [6, 6.07) is 11.2. The van der Waals surface area contributed by atoms with E-state index in [9.17, 15) is 14.0 Å². The van der Waals surface area contributed by atoms with Gasteiger partial charge in [0.1, 0.15) is 18.2 Å². The summed E-state index contributed by atoms with van der Waals surface area (Å²) in [5.41, 5.74) is 0.961. The molecule has 0 bridgehead atoms. The first-order valence-electron chi connectivity index (χ1n) is 7.88. The van der Waals surface area contributed by atoms with Gasteiger partial charge in [0, 0.05) is 23.1 Å². The number of ether oxygens (including phenoxy) is 1. The highest BCUT2D eigenvalue weighted by Gasteiger charge is 2.23. The molecule has 2 aromatic rings. The summed E-state index contributed by atoms with van der Waals surface area (Å²) in [6.07, 6.45) is 1.58. The molecule has 1 N–H and O–H groups in total. The second-order valence-corrected chi connectivity index (χ2v) is 7.04. The quantitative estimate of drug-likeness (QED) is 0.777. The second-order valence-electron chi connectivity index (χ2n) is 5.58. The highest BCUT2D eigenvalue weighted by atomic mass is 35.5. The van der Waals surface area contributed by atoms with Crippen molar-refractivity contribution in [3.8, 4) is 5.75 Å². The van der Waals surface area contributed by atoms with Crippen molar-refractivity contribution in [1.82, 2.24) is 5.32 Å². The molecule has 138 valence electrons. The third-order valence-electron chi connectivity index (χ3n) is 3.50. The monoisotopic (exact) mass is 404 g/mol. The summed E-state index contributed by atoms with van der Waals surface area (Å²) in [5, 5.41) is 3.15. The third kappa shape index (κ3) is 4.96. The molecule has 0 aromatic heterocycles. The van der Waals surface area contributed by atoms with Crippen LogP contribution in [0.3, 0.4) is 0 Å². The standard InChI is InChI=1S/C19H14ClFN2O3S/c1-11(24)22-19-23-18(25)17(27-19)9-13-8-14(20)6-7-16(13)26-10-12-4-2-3-5-15(12)21/h2-9H,10H2,1H3,(H,22,23,24,25)/b17-9-. The van der Waals surface area contributed by atoms with Gasteiger partial charge in [-0.3, -0.25) is 9.59 Å². The molecule has 0 radical (unpaired) electrons. The molecule has 2 aromatic carbocycles. The van der Waals surface area contributed by atoms with Crippen LogP contribution in [0.4, 0.5) is 4.39 Å². The van der Waals surface area contributed by atoms with E-state index < -0.39 is 5.91 Å². The van der Waals surface area contributed by atoms with Crippen LogP contribution in [0.2, 0.25) is 5.02 Å². The summed E-state index contributed by atoms with van der Waals surface area (Å²) >= 11 is 7.10. The largest absolute Gasteiger partial charge is 0.488 e. The van der Waals surface area contributed by atoms with Gasteiger partial charge in [-0.2, -0.15) is 4.99 Å². The molecule has 3 rings (SSSR count). The van der Waals surface area contributed by atoms with Gasteiger partial charge in [0.05, 0.1) is 4.91 Å². The van der Waals surface area contributed by atoms with E-state index in [1.54, 1.807) is 42.5 Å². The molecular formula is C19H14ClFN2O3S. The van der Waals surface area contributed by atoms with E-state index in [4.69, 9.17) is 16.3 Å². The van der Waals surface area contributed by atoms with Crippen LogP contribution >= 0.6 is 23.4 Å². The highest BCUT2D eigenvalue weighted by molar-refractivity contribution is 8.18. The Labute approximate surface area is 164 Å².